The van der Waals surface area contributed by atoms with Gasteiger partial charge in [-0.15, -0.1) is 0 Å². The van der Waals surface area contributed by atoms with Gasteiger partial charge in [-0.1, -0.05) is 56.9 Å². The fraction of sp³-hybridized carbons (Fsp3) is 0.647. The molecular formula is C17H27BO2. The predicted octanol–water partition coefficient (Wildman–Crippen LogP) is 3.22. The van der Waals surface area contributed by atoms with Crippen LogP contribution in [0.1, 0.15) is 69.8 Å². The van der Waals surface area contributed by atoms with Gasteiger partial charge in [-0.2, -0.15) is 0 Å². The first-order valence-electron chi connectivity index (χ1n) is 8.17. The molecule has 0 amide bonds. The maximum Gasteiger partial charge on any atom is 0.488 e. The Balaban J connectivity index is 1.90. The highest BCUT2D eigenvalue weighted by atomic mass is 16.4. The van der Waals surface area contributed by atoms with Crippen LogP contribution < -0.4 is 5.46 Å². The number of hydrogen-bond donors (Lipinski definition) is 2. The van der Waals surface area contributed by atoms with Crippen molar-refractivity contribution in [2.75, 3.05) is 0 Å². The first-order chi connectivity index (χ1) is 9.72. The second-order valence-corrected chi connectivity index (χ2v) is 6.22. The smallest absolute Gasteiger partial charge is 0.423 e. The van der Waals surface area contributed by atoms with Crippen molar-refractivity contribution < 1.29 is 10.0 Å². The van der Waals surface area contributed by atoms with E-state index in [0.717, 1.165) is 11.5 Å². The SMILES string of the molecule is CCCCCC1CCC(c2ccccc2B(O)O)CC1. The molecule has 1 saturated carbocycles. The standard InChI is InChI=1S/C17H27BO2/c1-2-3-4-7-14-10-12-15(13-11-14)16-8-5-6-9-17(16)18(19)20/h5-6,8-9,14-15,19-20H,2-4,7,10-13H2,1H3. The van der Waals surface area contributed by atoms with Crippen LogP contribution in [0, 0.1) is 5.92 Å². The van der Waals surface area contributed by atoms with Crippen LogP contribution in [-0.4, -0.2) is 17.2 Å². The van der Waals surface area contributed by atoms with Gasteiger partial charge in [0.05, 0.1) is 0 Å². The first-order valence-corrected chi connectivity index (χ1v) is 8.17. The Labute approximate surface area is 123 Å². The van der Waals surface area contributed by atoms with Crippen LogP contribution in [0.4, 0.5) is 0 Å². The lowest BCUT2D eigenvalue weighted by Crippen LogP contribution is -2.34. The molecule has 0 saturated heterocycles. The summed E-state index contributed by atoms with van der Waals surface area (Å²) in [5.41, 5.74) is 1.84. The summed E-state index contributed by atoms with van der Waals surface area (Å²) in [5.74, 6) is 1.40. The van der Waals surface area contributed by atoms with Gasteiger partial charge in [0.2, 0.25) is 0 Å². The Hall–Kier alpha value is -0.795. The van der Waals surface area contributed by atoms with Crippen molar-refractivity contribution >= 4 is 12.6 Å². The molecule has 0 radical (unpaired) electrons. The van der Waals surface area contributed by atoms with Crippen LogP contribution in [0.15, 0.2) is 24.3 Å². The van der Waals surface area contributed by atoms with E-state index in [9.17, 15) is 10.0 Å². The van der Waals surface area contributed by atoms with Gasteiger partial charge in [-0.25, -0.2) is 0 Å². The normalized spacial score (nSPS) is 22.8. The molecule has 0 spiro atoms. The first kappa shape index (κ1) is 15.6. The minimum Gasteiger partial charge on any atom is -0.423 e. The minimum absolute atomic E-state index is 0.510. The molecule has 1 aromatic carbocycles. The fourth-order valence-electron chi connectivity index (χ4n) is 3.56. The lowest BCUT2D eigenvalue weighted by Gasteiger charge is -2.30. The van der Waals surface area contributed by atoms with E-state index >= 15 is 0 Å². The molecule has 1 aliphatic rings. The molecule has 1 aromatic rings. The fourth-order valence-corrected chi connectivity index (χ4v) is 3.56. The van der Waals surface area contributed by atoms with E-state index in [4.69, 9.17) is 0 Å². The highest BCUT2D eigenvalue weighted by Crippen LogP contribution is 2.37. The van der Waals surface area contributed by atoms with Gasteiger partial charge in [0.25, 0.3) is 0 Å². The highest BCUT2D eigenvalue weighted by molar-refractivity contribution is 6.59. The Bertz CT molecular complexity index is 398. The topological polar surface area (TPSA) is 40.5 Å². The Morgan fingerprint density at radius 2 is 1.75 bits per heavy atom. The lowest BCUT2D eigenvalue weighted by molar-refractivity contribution is 0.303. The Morgan fingerprint density at radius 1 is 1.05 bits per heavy atom. The molecule has 110 valence electrons. The summed E-state index contributed by atoms with van der Waals surface area (Å²) in [4.78, 5) is 0. The summed E-state index contributed by atoms with van der Waals surface area (Å²) >= 11 is 0. The molecule has 0 aliphatic heterocycles. The van der Waals surface area contributed by atoms with E-state index < -0.39 is 7.12 Å². The molecule has 2 N–H and O–H groups in total. The quantitative estimate of drug-likeness (QED) is 0.617. The molecule has 20 heavy (non-hydrogen) atoms. The Kier molecular flexibility index (Phi) is 6.12. The zero-order valence-electron chi connectivity index (χ0n) is 12.6. The van der Waals surface area contributed by atoms with Crippen LogP contribution in [0.2, 0.25) is 0 Å². The summed E-state index contributed by atoms with van der Waals surface area (Å²) in [6.45, 7) is 2.26. The third-order valence-corrected chi connectivity index (χ3v) is 4.78. The number of benzene rings is 1. The van der Waals surface area contributed by atoms with Gasteiger partial charge in [-0.3, -0.25) is 0 Å². The van der Waals surface area contributed by atoms with Crippen molar-refractivity contribution in [3.05, 3.63) is 29.8 Å². The van der Waals surface area contributed by atoms with Crippen LogP contribution in [0.3, 0.4) is 0 Å². The molecule has 0 unspecified atom stereocenters. The Morgan fingerprint density at radius 3 is 2.40 bits per heavy atom. The monoisotopic (exact) mass is 274 g/mol. The van der Waals surface area contributed by atoms with Crippen LogP contribution >= 0.6 is 0 Å². The zero-order chi connectivity index (χ0) is 14.4. The average molecular weight is 274 g/mol. The van der Waals surface area contributed by atoms with Crippen molar-refractivity contribution in [1.29, 1.82) is 0 Å². The highest BCUT2D eigenvalue weighted by Gasteiger charge is 2.26. The summed E-state index contributed by atoms with van der Waals surface area (Å²) in [5, 5.41) is 19.0. The van der Waals surface area contributed by atoms with Crippen molar-refractivity contribution in [3.8, 4) is 0 Å². The molecule has 3 heteroatoms. The molecule has 0 bridgehead atoms. The van der Waals surface area contributed by atoms with Gasteiger partial charge in [-0.05, 0) is 48.5 Å². The van der Waals surface area contributed by atoms with E-state index in [1.54, 1.807) is 0 Å². The van der Waals surface area contributed by atoms with E-state index in [1.807, 2.05) is 18.2 Å². The number of unbranched alkanes of at least 4 members (excludes halogenated alkanes) is 2. The molecule has 1 aliphatic carbocycles. The second-order valence-electron chi connectivity index (χ2n) is 6.22. The average Bonchev–Trinajstić information content (AvgIpc) is 2.48. The molecule has 2 nitrogen and oxygen atoms in total. The molecule has 0 aromatic heterocycles. The van der Waals surface area contributed by atoms with Crippen molar-refractivity contribution in [1.82, 2.24) is 0 Å². The maximum atomic E-state index is 9.49. The van der Waals surface area contributed by atoms with Gasteiger partial charge in [0, 0.05) is 0 Å². The van der Waals surface area contributed by atoms with E-state index in [-0.39, 0.29) is 0 Å². The largest absolute Gasteiger partial charge is 0.488 e. The van der Waals surface area contributed by atoms with Crippen LogP contribution in [0.5, 0.6) is 0 Å². The maximum absolute atomic E-state index is 9.49. The van der Waals surface area contributed by atoms with Gasteiger partial charge < -0.3 is 10.0 Å². The summed E-state index contributed by atoms with van der Waals surface area (Å²) in [7, 11) is -1.34. The molecule has 2 rings (SSSR count). The number of hydrogen-bond acceptors (Lipinski definition) is 2. The van der Waals surface area contributed by atoms with Gasteiger partial charge >= 0.3 is 7.12 Å². The summed E-state index contributed by atoms with van der Waals surface area (Å²) in [6, 6.07) is 7.80. The molecule has 1 fully saturated rings. The molecule has 0 atom stereocenters. The second kappa shape index (κ2) is 7.85. The van der Waals surface area contributed by atoms with Crippen LogP contribution in [0.25, 0.3) is 0 Å². The lowest BCUT2D eigenvalue weighted by atomic mass is 9.69. The van der Waals surface area contributed by atoms with Crippen LogP contribution in [-0.2, 0) is 0 Å². The minimum atomic E-state index is -1.34. The van der Waals surface area contributed by atoms with Crippen molar-refractivity contribution in [2.45, 2.75) is 64.2 Å². The van der Waals surface area contributed by atoms with Crippen molar-refractivity contribution in [3.63, 3.8) is 0 Å². The third-order valence-electron chi connectivity index (χ3n) is 4.78. The third kappa shape index (κ3) is 4.10. The van der Waals surface area contributed by atoms with Gasteiger partial charge in [0.1, 0.15) is 0 Å². The van der Waals surface area contributed by atoms with Gasteiger partial charge in [0.15, 0.2) is 0 Å². The summed E-state index contributed by atoms with van der Waals surface area (Å²) < 4.78 is 0. The van der Waals surface area contributed by atoms with E-state index in [1.165, 1.54) is 51.4 Å². The predicted molar refractivity (Wildman–Crippen MR) is 85.1 cm³/mol. The molecule has 0 heterocycles. The van der Waals surface area contributed by atoms with E-state index in [0.29, 0.717) is 11.4 Å². The zero-order valence-corrected chi connectivity index (χ0v) is 12.6. The van der Waals surface area contributed by atoms with Crippen molar-refractivity contribution in [2.24, 2.45) is 5.92 Å². The van der Waals surface area contributed by atoms with E-state index in [2.05, 4.69) is 13.0 Å². The molecular weight excluding hydrogens is 247 g/mol. The summed E-state index contributed by atoms with van der Waals surface area (Å²) in [6.07, 6.45) is 10.4. The number of rotatable bonds is 6.